The summed E-state index contributed by atoms with van der Waals surface area (Å²) < 4.78 is 12.1. The van der Waals surface area contributed by atoms with E-state index in [0.717, 1.165) is 6.07 Å². The van der Waals surface area contributed by atoms with E-state index >= 15 is 0 Å². The number of hydrogen-bond acceptors (Lipinski definition) is 11. The summed E-state index contributed by atoms with van der Waals surface area (Å²) in [5.41, 5.74) is 7.26. The molecule has 0 amide bonds. The molecule has 3 heterocycles. The first-order valence-electron chi connectivity index (χ1n) is 11.7. The van der Waals surface area contributed by atoms with Crippen LogP contribution < -0.4 is 16.7 Å². The van der Waals surface area contributed by atoms with Gasteiger partial charge in [0.1, 0.15) is 34.4 Å². The van der Waals surface area contributed by atoms with Gasteiger partial charge in [0.2, 0.25) is 11.2 Å². The van der Waals surface area contributed by atoms with Gasteiger partial charge in [-0.05, 0) is 36.7 Å². The number of nitrogens with one attached hydrogen (secondary N) is 1. The Balaban J connectivity index is 0.000000186. The monoisotopic (exact) mass is 553 g/mol. The molecule has 40 heavy (non-hydrogen) atoms. The van der Waals surface area contributed by atoms with E-state index in [0.29, 0.717) is 11.1 Å². The van der Waals surface area contributed by atoms with Crippen LogP contribution in [0, 0.1) is 6.92 Å². The van der Waals surface area contributed by atoms with E-state index in [2.05, 4.69) is 15.0 Å². The topological polar surface area (TPSA) is 244 Å². The summed E-state index contributed by atoms with van der Waals surface area (Å²) in [5, 5.41) is 50.8. The van der Waals surface area contributed by atoms with Crippen LogP contribution in [0.15, 0.2) is 66.5 Å². The lowest BCUT2D eigenvalue weighted by Gasteiger charge is -2.14. The van der Waals surface area contributed by atoms with Gasteiger partial charge in [-0.2, -0.15) is 0 Å². The minimum Gasteiger partial charge on any atom is -0.508 e. The number of phenols is 3. The zero-order valence-corrected chi connectivity index (χ0v) is 20.8. The van der Waals surface area contributed by atoms with Crippen molar-refractivity contribution in [1.82, 2.24) is 9.55 Å². The normalized spacial score (nSPS) is 18.1. The van der Waals surface area contributed by atoms with E-state index in [1.165, 1.54) is 41.1 Å². The second-order valence-corrected chi connectivity index (χ2v) is 8.79. The van der Waals surface area contributed by atoms with Crippen LogP contribution >= 0.6 is 0 Å². The molecule has 4 aromatic rings. The summed E-state index contributed by atoms with van der Waals surface area (Å²) in [6.45, 7) is 1.26. The first-order valence-corrected chi connectivity index (χ1v) is 11.7. The molecule has 0 saturated carbocycles. The number of aromatic amines is 1. The SMILES string of the molecule is Cc1cn([C@H]2C[C@H](N=[N+]=[N-])[C@@H](CO)O2)c(=O)[nH]c1=O.O=c1c(O)c(-c2ccc(O)cc2)oc2cc(O)cc(O)c12. The average molecular weight is 553 g/mol. The summed E-state index contributed by atoms with van der Waals surface area (Å²) in [6, 6.07) is 7.28. The molecule has 15 heteroatoms. The fourth-order valence-corrected chi connectivity index (χ4v) is 4.12. The van der Waals surface area contributed by atoms with Gasteiger partial charge < -0.3 is 34.7 Å². The van der Waals surface area contributed by atoms with Gasteiger partial charge in [-0.25, -0.2) is 4.79 Å². The molecule has 3 atom stereocenters. The Morgan fingerprint density at radius 1 is 1.10 bits per heavy atom. The largest absolute Gasteiger partial charge is 0.508 e. The van der Waals surface area contributed by atoms with Crippen LogP contribution in [0.5, 0.6) is 23.0 Å². The lowest BCUT2D eigenvalue weighted by atomic mass is 10.1. The Hall–Kier alpha value is -5.24. The number of rotatable bonds is 4. The number of aryl methyl sites for hydroxylation is 1. The number of H-pyrrole nitrogens is 1. The van der Waals surface area contributed by atoms with E-state index in [1.54, 1.807) is 6.92 Å². The van der Waals surface area contributed by atoms with Crippen LogP contribution in [-0.4, -0.2) is 53.8 Å². The highest BCUT2D eigenvalue weighted by molar-refractivity contribution is 5.88. The molecular formula is C25H23N5O10. The summed E-state index contributed by atoms with van der Waals surface area (Å²) in [7, 11) is 0. The van der Waals surface area contributed by atoms with Crippen LogP contribution in [0.1, 0.15) is 18.2 Å². The highest BCUT2D eigenvalue weighted by atomic mass is 16.5. The average Bonchev–Trinajstić information content (AvgIpc) is 3.31. The molecule has 208 valence electrons. The van der Waals surface area contributed by atoms with Gasteiger partial charge in [0, 0.05) is 40.8 Å². The van der Waals surface area contributed by atoms with E-state index in [-0.39, 0.29) is 41.3 Å². The molecule has 0 spiro atoms. The number of nitrogens with zero attached hydrogens (tertiary/aromatic N) is 4. The third-order valence-corrected chi connectivity index (χ3v) is 6.11. The maximum atomic E-state index is 12.1. The first kappa shape index (κ1) is 27.8. The zero-order chi connectivity index (χ0) is 29.1. The molecule has 0 bridgehead atoms. The molecule has 5 rings (SSSR count). The van der Waals surface area contributed by atoms with Crippen LogP contribution in [-0.2, 0) is 4.74 Å². The van der Waals surface area contributed by atoms with E-state index in [9.17, 15) is 34.8 Å². The lowest BCUT2D eigenvalue weighted by molar-refractivity contribution is -0.0271. The summed E-state index contributed by atoms with van der Waals surface area (Å²) in [4.78, 5) is 40.0. The molecule has 0 unspecified atom stereocenters. The van der Waals surface area contributed by atoms with Crippen LogP contribution in [0.2, 0.25) is 0 Å². The number of azide groups is 1. The molecular weight excluding hydrogens is 530 g/mol. The van der Waals surface area contributed by atoms with Gasteiger partial charge in [0.25, 0.3) is 5.56 Å². The Morgan fingerprint density at radius 3 is 2.45 bits per heavy atom. The maximum absolute atomic E-state index is 12.1. The summed E-state index contributed by atoms with van der Waals surface area (Å²) in [6.07, 6.45) is 0.329. The van der Waals surface area contributed by atoms with Gasteiger partial charge in [-0.3, -0.25) is 19.1 Å². The van der Waals surface area contributed by atoms with Crippen molar-refractivity contribution in [3.05, 3.63) is 89.7 Å². The number of aromatic nitrogens is 2. The van der Waals surface area contributed by atoms with Crippen molar-refractivity contribution < 1.29 is 34.7 Å². The van der Waals surface area contributed by atoms with Crippen molar-refractivity contribution in [2.45, 2.75) is 31.7 Å². The van der Waals surface area contributed by atoms with Gasteiger partial charge in [0.15, 0.2) is 5.76 Å². The molecule has 1 saturated heterocycles. The predicted octanol–water partition coefficient (Wildman–Crippen LogP) is 2.09. The molecule has 15 nitrogen and oxygen atoms in total. The minimum absolute atomic E-state index is 0.0247. The minimum atomic E-state index is -0.808. The van der Waals surface area contributed by atoms with Crippen molar-refractivity contribution in [2.24, 2.45) is 5.11 Å². The van der Waals surface area contributed by atoms with Gasteiger partial charge in [-0.1, -0.05) is 5.11 Å². The fraction of sp³-hybridized carbons (Fsp3) is 0.240. The van der Waals surface area contributed by atoms with E-state index < -0.39 is 46.6 Å². The van der Waals surface area contributed by atoms with Crippen molar-refractivity contribution in [3.63, 3.8) is 0 Å². The van der Waals surface area contributed by atoms with Crippen molar-refractivity contribution in [2.75, 3.05) is 6.61 Å². The number of fused-ring (bicyclic) bond motifs is 1. The quantitative estimate of drug-likeness (QED) is 0.122. The number of aliphatic hydroxyl groups excluding tert-OH is 1. The van der Waals surface area contributed by atoms with Gasteiger partial charge in [0.05, 0.1) is 18.8 Å². The van der Waals surface area contributed by atoms with Crippen molar-refractivity contribution in [1.29, 1.82) is 0 Å². The Morgan fingerprint density at radius 2 is 1.80 bits per heavy atom. The second kappa shape index (κ2) is 11.2. The smallest absolute Gasteiger partial charge is 0.330 e. The summed E-state index contributed by atoms with van der Waals surface area (Å²) in [5.74, 6) is -1.50. The van der Waals surface area contributed by atoms with Gasteiger partial charge in [-0.15, -0.1) is 0 Å². The van der Waals surface area contributed by atoms with Crippen LogP contribution in [0.3, 0.4) is 0 Å². The Labute approximate surface area is 223 Å². The number of aromatic hydroxyl groups is 4. The highest BCUT2D eigenvalue weighted by Crippen LogP contribution is 2.35. The number of aliphatic hydroxyl groups is 1. The molecule has 2 aromatic heterocycles. The number of benzene rings is 2. The molecule has 2 aromatic carbocycles. The molecule has 0 aliphatic carbocycles. The van der Waals surface area contributed by atoms with Crippen molar-refractivity contribution >= 4 is 11.0 Å². The number of phenolic OH excluding ortho intramolecular Hbond substituents is 3. The van der Waals surface area contributed by atoms with Crippen LogP contribution in [0.4, 0.5) is 0 Å². The van der Waals surface area contributed by atoms with E-state index in [4.69, 9.17) is 19.8 Å². The third kappa shape index (κ3) is 5.47. The highest BCUT2D eigenvalue weighted by Gasteiger charge is 2.35. The van der Waals surface area contributed by atoms with E-state index in [1.807, 2.05) is 0 Å². The molecule has 1 fully saturated rings. The molecule has 0 radical (unpaired) electrons. The Bertz CT molecular complexity index is 1790. The second-order valence-electron chi connectivity index (χ2n) is 8.79. The standard InChI is InChI=1S/C15H10O6.C10H13N5O4/c16-8-3-1-7(2-4-8)15-14(20)13(19)12-10(18)5-9(17)6-11(12)21-15;1-5-3-15(10(18)12-9(5)17)8-2-6(13-14-11)7(4-16)19-8/h1-6,16-18,20H;3,6-8,16H,2,4H2,1H3,(H,12,17,18)/t;6-,7+,8+/m.0/s1. The Kier molecular flexibility index (Phi) is 7.81. The maximum Gasteiger partial charge on any atom is 0.330 e. The summed E-state index contributed by atoms with van der Waals surface area (Å²) >= 11 is 0. The fourth-order valence-electron chi connectivity index (χ4n) is 4.12. The van der Waals surface area contributed by atoms with Gasteiger partial charge >= 0.3 is 5.69 Å². The van der Waals surface area contributed by atoms with Crippen molar-refractivity contribution in [3.8, 4) is 34.3 Å². The molecule has 1 aliphatic heterocycles. The van der Waals surface area contributed by atoms with Crippen LogP contribution in [0.25, 0.3) is 32.7 Å². The number of hydrogen-bond donors (Lipinski definition) is 6. The number of ether oxygens (including phenoxy) is 1. The lowest BCUT2D eigenvalue weighted by Crippen LogP contribution is -2.33. The predicted molar refractivity (Wildman–Crippen MR) is 139 cm³/mol. The molecule has 1 aliphatic rings. The zero-order valence-electron chi connectivity index (χ0n) is 20.8. The first-order chi connectivity index (χ1) is 19.0. The third-order valence-electron chi connectivity index (χ3n) is 6.11. The molecule has 6 N–H and O–H groups in total.